The summed E-state index contributed by atoms with van der Waals surface area (Å²) in [5, 5.41) is 1.84. The monoisotopic (exact) mass is 317 g/mol. The van der Waals surface area contributed by atoms with Gasteiger partial charge in [0.05, 0.1) is 0 Å². The van der Waals surface area contributed by atoms with E-state index in [1.807, 2.05) is 11.8 Å². The van der Waals surface area contributed by atoms with Gasteiger partial charge in [-0.15, -0.1) is 11.8 Å². The summed E-state index contributed by atoms with van der Waals surface area (Å²) in [4.78, 5) is 4.92. The van der Waals surface area contributed by atoms with Crippen LogP contribution in [0.15, 0.2) is 17.2 Å². The zero-order valence-corrected chi connectivity index (χ0v) is 16.2. The summed E-state index contributed by atoms with van der Waals surface area (Å²) in [5.74, 6) is 2.33. The van der Waals surface area contributed by atoms with Crippen molar-refractivity contribution in [3.05, 3.63) is 29.0 Å². The molecule has 0 bridgehead atoms. The summed E-state index contributed by atoms with van der Waals surface area (Å²) in [5.41, 5.74) is 5.52. The molecule has 1 nitrogen and oxygen atoms in total. The van der Waals surface area contributed by atoms with E-state index in [0.29, 0.717) is 28.9 Å². The first-order valence-corrected chi connectivity index (χ1v) is 9.50. The van der Waals surface area contributed by atoms with Crippen molar-refractivity contribution in [2.24, 2.45) is 17.8 Å². The van der Waals surface area contributed by atoms with Crippen LogP contribution in [0.2, 0.25) is 0 Å². The van der Waals surface area contributed by atoms with Crippen molar-refractivity contribution in [1.82, 2.24) is 4.98 Å². The minimum absolute atomic E-state index is 0.528. The van der Waals surface area contributed by atoms with Crippen molar-refractivity contribution in [1.29, 1.82) is 0 Å². The van der Waals surface area contributed by atoms with Crippen LogP contribution in [-0.4, -0.2) is 10.2 Å². The van der Waals surface area contributed by atoms with Crippen LogP contribution in [0.4, 0.5) is 0 Å². The minimum Gasteiger partial charge on any atom is -0.246 e. The van der Waals surface area contributed by atoms with Crippen LogP contribution in [0.5, 0.6) is 0 Å². The SMILES string of the molecule is Cc1cc(C(C)C)c2c(n1)S[C@H](C)[C@H](C)[C@H](C)/C=C\2C(C)C. The molecule has 0 radical (unpaired) electrons. The van der Waals surface area contributed by atoms with E-state index in [4.69, 9.17) is 4.98 Å². The zero-order chi connectivity index (χ0) is 16.6. The number of aryl methyl sites for hydroxylation is 1. The second-order valence-corrected chi connectivity index (χ2v) is 8.87. The van der Waals surface area contributed by atoms with E-state index < -0.39 is 0 Å². The number of aromatic nitrogens is 1. The fourth-order valence-corrected chi connectivity index (χ4v) is 4.58. The largest absolute Gasteiger partial charge is 0.246 e. The van der Waals surface area contributed by atoms with Gasteiger partial charge in [0.1, 0.15) is 5.03 Å². The first-order valence-electron chi connectivity index (χ1n) is 8.62. The van der Waals surface area contributed by atoms with Crippen LogP contribution in [-0.2, 0) is 0 Å². The Kier molecular flexibility index (Phi) is 5.42. The second-order valence-electron chi connectivity index (χ2n) is 7.51. The van der Waals surface area contributed by atoms with E-state index in [1.54, 1.807) is 0 Å². The summed E-state index contributed by atoms with van der Waals surface area (Å²) in [6.45, 7) is 18.4. The van der Waals surface area contributed by atoms with E-state index in [2.05, 4.69) is 67.5 Å². The first kappa shape index (κ1) is 17.6. The lowest BCUT2D eigenvalue weighted by Gasteiger charge is -2.31. The molecule has 122 valence electrons. The molecular weight excluding hydrogens is 286 g/mol. The molecule has 0 N–H and O–H groups in total. The van der Waals surface area contributed by atoms with Gasteiger partial charge in [-0.05, 0) is 47.8 Å². The predicted octanol–water partition coefficient (Wildman–Crippen LogP) is 6.32. The third-order valence-electron chi connectivity index (χ3n) is 4.99. The fourth-order valence-electron chi connectivity index (χ4n) is 3.21. The first-order chi connectivity index (χ1) is 10.2. The Labute approximate surface area is 141 Å². The van der Waals surface area contributed by atoms with Crippen molar-refractivity contribution in [3.8, 4) is 0 Å². The Balaban J connectivity index is 2.75. The maximum Gasteiger partial charge on any atom is 0.104 e. The van der Waals surface area contributed by atoms with Gasteiger partial charge in [0.2, 0.25) is 0 Å². The Morgan fingerprint density at radius 3 is 2.23 bits per heavy atom. The van der Waals surface area contributed by atoms with Crippen molar-refractivity contribution in [3.63, 3.8) is 0 Å². The normalized spacial score (nSPS) is 28.1. The number of hydrogen-bond acceptors (Lipinski definition) is 2. The lowest BCUT2D eigenvalue weighted by molar-refractivity contribution is 0.455. The third-order valence-corrected chi connectivity index (χ3v) is 6.31. The summed E-state index contributed by atoms with van der Waals surface area (Å²) >= 11 is 1.97. The molecule has 1 aromatic heterocycles. The van der Waals surface area contributed by atoms with Gasteiger partial charge < -0.3 is 0 Å². The van der Waals surface area contributed by atoms with E-state index >= 15 is 0 Å². The standard InChI is InChI=1S/C20H31NS/c1-11(2)17-9-13(5)15(7)16(8)22-20-19(17)18(12(3)4)10-14(6)21-20/h9-13,15-16H,1-8H3/b17-9-/t13-,15-,16-/m1/s1. The van der Waals surface area contributed by atoms with E-state index in [-0.39, 0.29) is 0 Å². The molecule has 0 unspecified atom stereocenters. The van der Waals surface area contributed by atoms with Crippen molar-refractivity contribution in [2.75, 3.05) is 0 Å². The van der Waals surface area contributed by atoms with Gasteiger partial charge in [0.15, 0.2) is 0 Å². The van der Waals surface area contributed by atoms with Gasteiger partial charge in [-0.2, -0.15) is 0 Å². The summed E-state index contributed by atoms with van der Waals surface area (Å²) in [6, 6.07) is 2.29. The Hall–Kier alpha value is -0.760. The molecule has 1 aliphatic rings. The minimum atomic E-state index is 0.528. The second kappa shape index (κ2) is 6.78. The average Bonchev–Trinajstić information content (AvgIpc) is 2.42. The predicted molar refractivity (Wildman–Crippen MR) is 99.5 cm³/mol. The molecule has 0 saturated carbocycles. The van der Waals surface area contributed by atoms with Crippen molar-refractivity contribution in [2.45, 2.75) is 71.6 Å². The third kappa shape index (κ3) is 3.42. The van der Waals surface area contributed by atoms with Crippen LogP contribution in [0.25, 0.3) is 5.57 Å². The number of thioether (sulfide) groups is 1. The Bertz CT molecular complexity index is 571. The highest BCUT2D eigenvalue weighted by atomic mass is 32.2. The van der Waals surface area contributed by atoms with Gasteiger partial charge in [-0.1, -0.05) is 54.5 Å². The fraction of sp³-hybridized carbons (Fsp3) is 0.650. The zero-order valence-electron chi connectivity index (χ0n) is 15.4. The van der Waals surface area contributed by atoms with Crippen molar-refractivity contribution < 1.29 is 0 Å². The van der Waals surface area contributed by atoms with Crippen LogP contribution in [0.1, 0.15) is 71.2 Å². The molecule has 2 rings (SSSR count). The van der Waals surface area contributed by atoms with Gasteiger partial charge in [-0.3, -0.25) is 0 Å². The number of nitrogens with zero attached hydrogens (tertiary/aromatic N) is 1. The highest BCUT2D eigenvalue weighted by Crippen LogP contribution is 2.43. The lowest BCUT2D eigenvalue weighted by Crippen LogP contribution is -2.21. The summed E-state index contributed by atoms with van der Waals surface area (Å²) in [6.07, 6.45) is 2.52. The van der Waals surface area contributed by atoms with Crippen LogP contribution in [0, 0.1) is 24.7 Å². The molecule has 1 aromatic rings. The molecule has 2 heterocycles. The average molecular weight is 318 g/mol. The van der Waals surface area contributed by atoms with E-state index in [9.17, 15) is 0 Å². The number of pyridine rings is 1. The quantitative estimate of drug-likeness (QED) is 0.633. The number of allylic oxidation sites excluding steroid dienone is 2. The summed E-state index contributed by atoms with van der Waals surface area (Å²) in [7, 11) is 0. The molecule has 22 heavy (non-hydrogen) atoms. The molecular formula is C20H31NS. The molecule has 0 aromatic carbocycles. The van der Waals surface area contributed by atoms with Crippen LogP contribution in [0.3, 0.4) is 0 Å². The molecule has 0 amide bonds. The molecule has 0 saturated heterocycles. The van der Waals surface area contributed by atoms with Gasteiger partial charge in [0, 0.05) is 16.5 Å². The molecule has 3 atom stereocenters. The van der Waals surface area contributed by atoms with E-state index in [1.165, 1.54) is 21.7 Å². The topological polar surface area (TPSA) is 12.9 Å². The van der Waals surface area contributed by atoms with Gasteiger partial charge in [-0.25, -0.2) is 4.98 Å². The molecule has 2 heteroatoms. The van der Waals surface area contributed by atoms with Gasteiger partial charge >= 0.3 is 0 Å². The highest BCUT2D eigenvalue weighted by Gasteiger charge is 2.28. The molecule has 0 spiro atoms. The summed E-state index contributed by atoms with van der Waals surface area (Å²) < 4.78 is 0. The molecule has 0 fully saturated rings. The number of rotatable bonds is 2. The molecule has 1 aliphatic heterocycles. The Morgan fingerprint density at radius 2 is 1.68 bits per heavy atom. The molecule has 0 aliphatic carbocycles. The smallest absolute Gasteiger partial charge is 0.104 e. The van der Waals surface area contributed by atoms with E-state index in [0.717, 1.165) is 5.69 Å². The van der Waals surface area contributed by atoms with Gasteiger partial charge in [0.25, 0.3) is 0 Å². The lowest BCUT2D eigenvalue weighted by atomic mass is 9.83. The maximum absolute atomic E-state index is 4.92. The Morgan fingerprint density at radius 1 is 1.05 bits per heavy atom. The van der Waals surface area contributed by atoms with Crippen LogP contribution < -0.4 is 0 Å². The van der Waals surface area contributed by atoms with Crippen LogP contribution >= 0.6 is 11.8 Å². The maximum atomic E-state index is 4.92. The highest BCUT2D eigenvalue weighted by molar-refractivity contribution is 7.99. The van der Waals surface area contributed by atoms with Crippen molar-refractivity contribution >= 4 is 17.3 Å². The number of hydrogen-bond donors (Lipinski definition) is 0. The number of fused-ring (bicyclic) bond motifs is 1.